The lowest BCUT2D eigenvalue weighted by atomic mass is 10.1. The number of carbonyl (C=O) groups is 2. The van der Waals surface area contributed by atoms with Gasteiger partial charge in [0.25, 0.3) is 5.91 Å². The molecule has 0 heterocycles. The minimum absolute atomic E-state index is 0.00732. The lowest BCUT2D eigenvalue weighted by molar-refractivity contribution is -0.142. The summed E-state index contributed by atoms with van der Waals surface area (Å²) < 4.78 is 19.1. The van der Waals surface area contributed by atoms with Crippen LogP contribution < -0.4 is 10.1 Å². The van der Waals surface area contributed by atoms with Crippen molar-refractivity contribution >= 4 is 23.4 Å². The Morgan fingerprint density at radius 1 is 1.14 bits per heavy atom. The van der Waals surface area contributed by atoms with Crippen LogP contribution in [0.5, 0.6) is 5.75 Å². The smallest absolute Gasteiger partial charge is 0.261 e. The molecule has 0 aliphatic rings. The summed E-state index contributed by atoms with van der Waals surface area (Å²) in [5, 5.41) is 3.47. The average molecular weight is 421 g/mol. The van der Waals surface area contributed by atoms with Crippen LogP contribution in [0.1, 0.15) is 32.8 Å². The van der Waals surface area contributed by atoms with Crippen molar-refractivity contribution in [1.29, 1.82) is 0 Å². The molecular weight excluding hydrogens is 395 g/mol. The maximum Gasteiger partial charge on any atom is 0.261 e. The Morgan fingerprint density at radius 3 is 2.41 bits per heavy atom. The number of hydrogen-bond donors (Lipinski definition) is 1. The summed E-state index contributed by atoms with van der Waals surface area (Å²) in [6.45, 7) is 5.35. The predicted octanol–water partition coefficient (Wildman–Crippen LogP) is 4.19. The Bertz CT molecular complexity index is 829. The lowest BCUT2D eigenvalue weighted by Gasteiger charge is -2.29. The van der Waals surface area contributed by atoms with E-state index in [1.54, 1.807) is 37.3 Å². The maximum absolute atomic E-state index is 13.8. The molecule has 29 heavy (non-hydrogen) atoms. The topological polar surface area (TPSA) is 58.6 Å². The van der Waals surface area contributed by atoms with Crippen LogP contribution in [-0.4, -0.2) is 35.4 Å². The van der Waals surface area contributed by atoms with E-state index >= 15 is 0 Å². The SMILES string of the molecule is CCC(C)NC(=O)C(C)N(Cc1ccc(Cl)cc1)C(=O)COc1ccccc1F. The molecular formula is C22H26ClFN2O3. The van der Waals surface area contributed by atoms with E-state index in [0.717, 1.165) is 12.0 Å². The second-order valence-corrected chi connectivity index (χ2v) is 7.30. The van der Waals surface area contributed by atoms with Crippen molar-refractivity contribution < 1.29 is 18.7 Å². The zero-order valence-corrected chi connectivity index (χ0v) is 17.6. The highest BCUT2D eigenvalue weighted by atomic mass is 35.5. The summed E-state index contributed by atoms with van der Waals surface area (Å²) in [5.41, 5.74) is 0.817. The molecule has 0 fully saturated rings. The Hall–Kier alpha value is -2.60. The number of nitrogens with zero attached hydrogens (tertiary/aromatic N) is 1. The summed E-state index contributed by atoms with van der Waals surface area (Å²) in [6.07, 6.45) is 0.778. The van der Waals surface area contributed by atoms with E-state index in [4.69, 9.17) is 16.3 Å². The van der Waals surface area contributed by atoms with Crippen LogP contribution in [0.2, 0.25) is 5.02 Å². The van der Waals surface area contributed by atoms with Crippen LogP contribution in [0.25, 0.3) is 0 Å². The number of hydrogen-bond acceptors (Lipinski definition) is 3. The minimum Gasteiger partial charge on any atom is -0.481 e. The molecule has 0 spiro atoms. The van der Waals surface area contributed by atoms with Gasteiger partial charge in [-0.2, -0.15) is 0 Å². The van der Waals surface area contributed by atoms with E-state index in [2.05, 4.69) is 5.32 Å². The molecule has 5 nitrogen and oxygen atoms in total. The van der Waals surface area contributed by atoms with Crippen molar-refractivity contribution in [3.63, 3.8) is 0 Å². The van der Waals surface area contributed by atoms with Crippen molar-refractivity contribution in [2.45, 2.75) is 45.8 Å². The number of amides is 2. The van der Waals surface area contributed by atoms with Gasteiger partial charge in [-0.15, -0.1) is 0 Å². The van der Waals surface area contributed by atoms with Crippen molar-refractivity contribution in [3.8, 4) is 5.75 Å². The van der Waals surface area contributed by atoms with Crippen LogP contribution in [0.3, 0.4) is 0 Å². The van der Waals surface area contributed by atoms with E-state index < -0.39 is 17.8 Å². The first-order valence-electron chi connectivity index (χ1n) is 9.53. The zero-order valence-electron chi connectivity index (χ0n) is 16.8. The van der Waals surface area contributed by atoms with E-state index in [0.29, 0.717) is 5.02 Å². The molecule has 2 rings (SSSR count). The van der Waals surface area contributed by atoms with Gasteiger partial charge < -0.3 is 15.0 Å². The van der Waals surface area contributed by atoms with E-state index in [1.165, 1.54) is 23.1 Å². The molecule has 0 radical (unpaired) electrons. The summed E-state index contributed by atoms with van der Waals surface area (Å²) in [5.74, 6) is -1.24. The summed E-state index contributed by atoms with van der Waals surface area (Å²) in [4.78, 5) is 26.9. The van der Waals surface area contributed by atoms with Gasteiger partial charge in [-0.05, 0) is 50.1 Å². The van der Waals surface area contributed by atoms with Gasteiger partial charge in [0.05, 0.1) is 0 Å². The average Bonchev–Trinajstić information content (AvgIpc) is 2.71. The first-order chi connectivity index (χ1) is 13.8. The molecule has 1 N–H and O–H groups in total. The Labute approximate surface area is 175 Å². The number of halogens is 2. The van der Waals surface area contributed by atoms with Crippen LogP contribution in [0, 0.1) is 5.82 Å². The molecule has 0 aliphatic carbocycles. The van der Waals surface area contributed by atoms with Gasteiger partial charge in [-0.3, -0.25) is 9.59 Å². The van der Waals surface area contributed by atoms with Crippen molar-refractivity contribution in [3.05, 3.63) is 64.9 Å². The molecule has 2 atom stereocenters. The lowest BCUT2D eigenvalue weighted by Crippen LogP contribution is -2.50. The molecule has 7 heteroatoms. The molecule has 2 aromatic rings. The summed E-state index contributed by atoms with van der Waals surface area (Å²) in [6, 6.07) is 12.2. The first-order valence-corrected chi connectivity index (χ1v) is 9.91. The fourth-order valence-electron chi connectivity index (χ4n) is 2.62. The second-order valence-electron chi connectivity index (χ2n) is 6.86. The molecule has 0 aromatic heterocycles. The fourth-order valence-corrected chi connectivity index (χ4v) is 2.74. The van der Waals surface area contributed by atoms with Gasteiger partial charge in [0, 0.05) is 17.6 Å². The quantitative estimate of drug-likeness (QED) is 0.661. The molecule has 0 saturated carbocycles. The van der Waals surface area contributed by atoms with Gasteiger partial charge in [0.1, 0.15) is 6.04 Å². The van der Waals surface area contributed by atoms with Crippen LogP contribution in [0.15, 0.2) is 48.5 Å². The number of nitrogens with one attached hydrogen (secondary N) is 1. The minimum atomic E-state index is -0.726. The van der Waals surface area contributed by atoms with E-state index in [-0.39, 0.29) is 30.9 Å². The molecule has 0 aliphatic heterocycles. The van der Waals surface area contributed by atoms with Crippen molar-refractivity contribution in [2.75, 3.05) is 6.61 Å². The van der Waals surface area contributed by atoms with Gasteiger partial charge in [-0.1, -0.05) is 42.8 Å². The molecule has 156 valence electrons. The van der Waals surface area contributed by atoms with Crippen LogP contribution in [-0.2, 0) is 16.1 Å². The van der Waals surface area contributed by atoms with Crippen LogP contribution >= 0.6 is 11.6 Å². The van der Waals surface area contributed by atoms with Crippen molar-refractivity contribution in [2.24, 2.45) is 0 Å². The van der Waals surface area contributed by atoms with E-state index in [9.17, 15) is 14.0 Å². The number of carbonyl (C=O) groups excluding carboxylic acids is 2. The third kappa shape index (κ3) is 6.75. The zero-order chi connectivity index (χ0) is 21.4. The molecule has 2 unspecified atom stereocenters. The van der Waals surface area contributed by atoms with Crippen molar-refractivity contribution in [1.82, 2.24) is 10.2 Å². The molecule has 0 bridgehead atoms. The van der Waals surface area contributed by atoms with Crippen LogP contribution in [0.4, 0.5) is 4.39 Å². The first kappa shape index (κ1) is 22.7. The third-order valence-corrected chi connectivity index (χ3v) is 4.87. The Balaban J connectivity index is 2.15. The number of benzene rings is 2. The highest BCUT2D eigenvalue weighted by Crippen LogP contribution is 2.17. The summed E-state index contributed by atoms with van der Waals surface area (Å²) >= 11 is 5.93. The highest BCUT2D eigenvalue weighted by molar-refractivity contribution is 6.30. The monoisotopic (exact) mass is 420 g/mol. The van der Waals surface area contributed by atoms with Gasteiger partial charge >= 0.3 is 0 Å². The maximum atomic E-state index is 13.8. The number of ether oxygens (including phenoxy) is 1. The van der Waals surface area contributed by atoms with Gasteiger partial charge in [0.15, 0.2) is 18.2 Å². The van der Waals surface area contributed by atoms with Gasteiger partial charge in [0.2, 0.25) is 5.91 Å². The fraction of sp³-hybridized carbons (Fsp3) is 0.364. The largest absolute Gasteiger partial charge is 0.481 e. The summed E-state index contributed by atoms with van der Waals surface area (Å²) in [7, 11) is 0. The number of rotatable bonds is 9. The number of para-hydroxylation sites is 1. The molecule has 2 amide bonds. The molecule has 2 aromatic carbocycles. The van der Waals surface area contributed by atoms with Gasteiger partial charge in [-0.25, -0.2) is 4.39 Å². The Kier molecular flexibility index (Phi) is 8.46. The third-order valence-electron chi connectivity index (χ3n) is 4.62. The highest BCUT2D eigenvalue weighted by Gasteiger charge is 2.27. The predicted molar refractivity (Wildman–Crippen MR) is 111 cm³/mol. The molecule has 0 saturated heterocycles. The van der Waals surface area contributed by atoms with E-state index in [1.807, 2.05) is 13.8 Å². The second kappa shape index (κ2) is 10.8. The Morgan fingerprint density at radius 2 is 1.79 bits per heavy atom. The normalized spacial score (nSPS) is 12.7. The standard InChI is InChI=1S/C22H26ClFN2O3/c1-4-15(2)25-22(28)16(3)26(13-17-9-11-18(23)12-10-17)21(27)14-29-20-8-6-5-7-19(20)24/h5-12,15-16H,4,13-14H2,1-3H3,(H,25,28).